The fraction of sp³-hybridized carbons (Fsp3) is 0.316. The lowest BCUT2D eigenvalue weighted by Gasteiger charge is -2.24. The maximum Gasteiger partial charge on any atom is 0.231 e. The summed E-state index contributed by atoms with van der Waals surface area (Å²) in [4.78, 5) is 27.6. The fourth-order valence-electron chi connectivity index (χ4n) is 5.63. The van der Waals surface area contributed by atoms with Crippen LogP contribution in [0.1, 0.15) is 63.9 Å². The summed E-state index contributed by atoms with van der Waals surface area (Å²) in [6.45, 7) is 1.93. The second kappa shape index (κ2) is 16.4. The van der Waals surface area contributed by atoms with E-state index in [1.165, 1.54) is 44.5 Å². The van der Waals surface area contributed by atoms with Gasteiger partial charge in [-0.15, -0.1) is 0 Å². The van der Waals surface area contributed by atoms with Crippen molar-refractivity contribution in [2.75, 3.05) is 30.5 Å². The molecule has 3 unspecified atom stereocenters. The summed E-state index contributed by atoms with van der Waals surface area (Å²) in [6, 6.07) is 29.2. The van der Waals surface area contributed by atoms with E-state index in [-0.39, 0.29) is 58.4 Å². The molecule has 0 saturated carbocycles. The largest absolute Gasteiger partial charge is 0.497 e. The van der Waals surface area contributed by atoms with Crippen molar-refractivity contribution in [3.05, 3.63) is 125 Å². The first-order chi connectivity index (χ1) is 23.2. The molecule has 4 rings (SSSR count). The van der Waals surface area contributed by atoms with Crippen LogP contribution in [-0.2, 0) is 26.3 Å². The number of benzene rings is 4. The average Bonchev–Trinajstić information content (AvgIpc) is 3.10. The van der Waals surface area contributed by atoms with Gasteiger partial charge in [-0.1, -0.05) is 67.6 Å². The first kappa shape index (κ1) is 37.5. The van der Waals surface area contributed by atoms with Crippen LogP contribution >= 0.6 is 0 Å². The Bertz CT molecular complexity index is 1950. The first-order valence-corrected chi connectivity index (χ1v) is 19.5. The van der Waals surface area contributed by atoms with Crippen LogP contribution in [0, 0.1) is 5.92 Å². The van der Waals surface area contributed by atoms with E-state index in [0.717, 1.165) is 21.7 Å². The Morgan fingerprint density at radius 3 is 1.90 bits per heavy atom. The summed E-state index contributed by atoms with van der Waals surface area (Å²) < 4.78 is 57.3. The monoisotopic (exact) mass is 705 g/mol. The zero-order valence-electron chi connectivity index (χ0n) is 28.2. The van der Waals surface area contributed by atoms with Gasteiger partial charge in [0.15, 0.2) is 21.4 Å². The molecule has 0 amide bonds. The summed E-state index contributed by atoms with van der Waals surface area (Å²) in [7, 11) is -4.63. The van der Waals surface area contributed by atoms with Crippen LogP contribution in [0.25, 0.3) is 0 Å². The van der Waals surface area contributed by atoms with Gasteiger partial charge in [-0.2, -0.15) is 0 Å². The smallest absolute Gasteiger partial charge is 0.231 e. The Kier molecular flexibility index (Phi) is 12.5. The summed E-state index contributed by atoms with van der Waals surface area (Å²) in [5, 5.41) is 11.4. The third-order valence-electron chi connectivity index (χ3n) is 8.72. The molecule has 0 bridgehead atoms. The average molecular weight is 706 g/mol. The summed E-state index contributed by atoms with van der Waals surface area (Å²) in [6.07, 6.45) is 0.0241. The number of aliphatic hydroxyl groups excluding tert-OH is 1. The molecule has 3 atom stereocenters. The van der Waals surface area contributed by atoms with Crippen molar-refractivity contribution < 1.29 is 36.3 Å². The quantitative estimate of drug-likeness (QED) is 0.130. The molecule has 0 aliphatic carbocycles. The Hall–Kier alpha value is -4.32. The molecule has 49 heavy (non-hydrogen) atoms. The SMILES string of the molecule is COc1ccc(S(=O)(=O)CCC(O)C(CC(=O)c2cc(C(=O)CC(C)c3ccccc3)cc(N(C)S(C)(=O)=O)c2)Cc2ccccc2)cc1. The standard InChI is InChI=1S/C38H43NO8S2/c1-27(29-13-9-6-10-14-29)21-37(41)31-23-32(25-33(24-31)39(2)48(4,43)44)38(42)26-30(22-28-11-7-5-8-12-28)36(40)19-20-49(45,46)35-17-15-34(47-3)16-18-35/h5-18,23-25,27,30,36,40H,19-22,26H2,1-4H3. The Morgan fingerprint density at radius 1 is 0.796 bits per heavy atom. The third-order valence-corrected chi connectivity index (χ3v) is 11.7. The van der Waals surface area contributed by atoms with Crippen LogP contribution < -0.4 is 9.04 Å². The van der Waals surface area contributed by atoms with Crippen LogP contribution in [-0.4, -0.2) is 65.8 Å². The Morgan fingerprint density at radius 2 is 1.35 bits per heavy atom. The zero-order valence-corrected chi connectivity index (χ0v) is 29.8. The third kappa shape index (κ3) is 10.3. The number of hydrogen-bond donors (Lipinski definition) is 1. The highest BCUT2D eigenvalue weighted by molar-refractivity contribution is 7.92. The van der Waals surface area contributed by atoms with Crippen molar-refractivity contribution in [2.45, 2.75) is 49.5 Å². The van der Waals surface area contributed by atoms with Gasteiger partial charge in [-0.3, -0.25) is 13.9 Å². The molecule has 0 saturated heterocycles. The van der Waals surface area contributed by atoms with Crippen molar-refractivity contribution in [1.29, 1.82) is 0 Å². The van der Waals surface area contributed by atoms with Crippen LogP contribution in [0.4, 0.5) is 5.69 Å². The van der Waals surface area contributed by atoms with Gasteiger partial charge < -0.3 is 9.84 Å². The number of sulfone groups is 1. The highest BCUT2D eigenvalue weighted by Crippen LogP contribution is 2.28. The normalized spacial score (nSPS) is 13.7. The lowest BCUT2D eigenvalue weighted by molar-refractivity contribution is 0.0779. The summed E-state index contributed by atoms with van der Waals surface area (Å²) >= 11 is 0. The van der Waals surface area contributed by atoms with Crippen LogP contribution in [0.3, 0.4) is 0 Å². The molecule has 4 aromatic rings. The number of ether oxygens (including phenoxy) is 1. The number of Topliss-reactive ketones (excluding diaryl/α,β-unsaturated/α-hetero) is 2. The van der Waals surface area contributed by atoms with Crippen molar-refractivity contribution >= 4 is 37.1 Å². The van der Waals surface area contributed by atoms with Gasteiger partial charge in [-0.25, -0.2) is 16.8 Å². The summed E-state index contributed by atoms with van der Waals surface area (Å²) in [5.74, 6) is -1.28. The van der Waals surface area contributed by atoms with E-state index < -0.39 is 37.7 Å². The molecule has 0 radical (unpaired) electrons. The van der Waals surface area contributed by atoms with Crippen LogP contribution in [0.15, 0.2) is 108 Å². The lowest BCUT2D eigenvalue weighted by Crippen LogP contribution is -2.28. The molecular formula is C38H43NO8S2. The van der Waals surface area contributed by atoms with Gasteiger partial charge in [0.25, 0.3) is 0 Å². The highest BCUT2D eigenvalue weighted by atomic mass is 32.2. The Balaban J connectivity index is 1.61. The highest BCUT2D eigenvalue weighted by Gasteiger charge is 2.27. The van der Waals surface area contributed by atoms with E-state index in [1.54, 1.807) is 12.1 Å². The number of anilines is 1. The van der Waals surface area contributed by atoms with Crippen LogP contribution in [0.2, 0.25) is 0 Å². The summed E-state index contributed by atoms with van der Waals surface area (Å²) in [5.41, 5.74) is 2.32. The minimum atomic E-state index is -3.74. The number of ketones is 2. The zero-order chi connectivity index (χ0) is 35.8. The van der Waals surface area contributed by atoms with E-state index >= 15 is 0 Å². The predicted molar refractivity (Wildman–Crippen MR) is 192 cm³/mol. The van der Waals surface area contributed by atoms with Crippen molar-refractivity contribution in [3.8, 4) is 5.75 Å². The molecule has 4 aromatic carbocycles. The molecule has 0 spiro atoms. The second-order valence-corrected chi connectivity index (χ2v) is 16.5. The molecule has 9 nitrogen and oxygen atoms in total. The molecule has 0 aliphatic rings. The number of sulfonamides is 1. The van der Waals surface area contributed by atoms with Crippen LogP contribution in [0.5, 0.6) is 5.75 Å². The fourth-order valence-corrected chi connectivity index (χ4v) is 7.46. The topological polar surface area (TPSA) is 135 Å². The number of carbonyl (C=O) groups excluding carboxylic acids is 2. The number of aliphatic hydroxyl groups is 1. The number of carbonyl (C=O) groups is 2. The lowest BCUT2D eigenvalue weighted by atomic mass is 9.86. The van der Waals surface area contributed by atoms with Crippen molar-refractivity contribution in [1.82, 2.24) is 0 Å². The van der Waals surface area contributed by atoms with Crippen molar-refractivity contribution in [3.63, 3.8) is 0 Å². The first-order valence-electron chi connectivity index (χ1n) is 16.0. The second-order valence-electron chi connectivity index (χ2n) is 12.4. The number of nitrogens with zero attached hydrogens (tertiary/aromatic N) is 1. The predicted octanol–water partition coefficient (Wildman–Crippen LogP) is 6.12. The Labute approximate surface area is 289 Å². The molecule has 0 fully saturated rings. The minimum Gasteiger partial charge on any atom is -0.497 e. The molecule has 260 valence electrons. The van der Waals surface area contributed by atoms with Gasteiger partial charge in [-0.05, 0) is 78.3 Å². The van der Waals surface area contributed by atoms with Gasteiger partial charge >= 0.3 is 0 Å². The van der Waals surface area contributed by atoms with Gasteiger partial charge in [0, 0.05) is 31.0 Å². The van der Waals surface area contributed by atoms with E-state index in [0.29, 0.717) is 12.2 Å². The maximum atomic E-state index is 14.0. The van der Waals surface area contributed by atoms with E-state index in [1.807, 2.05) is 67.6 Å². The molecule has 11 heteroatoms. The minimum absolute atomic E-state index is 0.0989. The molecule has 0 aromatic heterocycles. The van der Waals surface area contributed by atoms with Gasteiger partial charge in [0.1, 0.15) is 5.75 Å². The van der Waals surface area contributed by atoms with Crippen molar-refractivity contribution in [2.24, 2.45) is 5.92 Å². The number of hydrogen-bond acceptors (Lipinski definition) is 8. The maximum absolute atomic E-state index is 14.0. The molecule has 0 aliphatic heterocycles. The van der Waals surface area contributed by atoms with E-state index in [9.17, 15) is 31.5 Å². The van der Waals surface area contributed by atoms with E-state index in [2.05, 4.69) is 0 Å². The molecule has 0 heterocycles. The van der Waals surface area contributed by atoms with Gasteiger partial charge in [0.2, 0.25) is 10.0 Å². The number of methoxy groups -OCH3 is 1. The van der Waals surface area contributed by atoms with Gasteiger partial charge in [0.05, 0.1) is 35.8 Å². The molecule has 1 N–H and O–H groups in total. The molecular weight excluding hydrogens is 663 g/mol. The van der Waals surface area contributed by atoms with E-state index in [4.69, 9.17) is 4.74 Å². The number of rotatable bonds is 17.